The highest BCUT2D eigenvalue weighted by atomic mass is 32.1. The number of nitrogens with one attached hydrogen (secondary N) is 1. The Morgan fingerprint density at radius 1 is 0.529 bits per heavy atom. The second-order valence-electron chi connectivity index (χ2n) is 16.7. The minimum Gasteiger partial charge on any atom is -0.309 e. The van der Waals surface area contributed by atoms with Gasteiger partial charge in [0.15, 0.2) is 0 Å². The molecule has 0 fully saturated rings. The smallest absolute Gasteiger partial charge is 0.0708 e. The van der Waals surface area contributed by atoms with Gasteiger partial charge in [0, 0.05) is 65.7 Å². The minimum atomic E-state index is 0.455. The second kappa shape index (κ2) is 21.2. The van der Waals surface area contributed by atoms with Gasteiger partial charge in [-0.3, -0.25) is 9.97 Å². The van der Waals surface area contributed by atoms with Gasteiger partial charge in [-0.05, 0) is 132 Å². The Morgan fingerprint density at radius 3 is 1.51 bits per heavy atom. The maximum Gasteiger partial charge on any atom is 0.0708 e. The molecule has 0 spiro atoms. The second-order valence-corrected chi connectivity index (χ2v) is 17.8. The van der Waals surface area contributed by atoms with Gasteiger partial charge in [-0.1, -0.05) is 160 Å². The summed E-state index contributed by atoms with van der Waals surface area (Å²) in [6, 6.07) is 64.8. The van der Waals surface area contributed by atoms with E-state index >= 15 is 0 Å². The van der Waals surface area contributed by atoms with E-state index in [9.17, 15) is 0 Å². The zero-order chi connectivity index (χ0) is 48.6. The largest absolute Gasteiger partial charge is 0.309 e. The van der Waals surface area contributed by atoms with Crippen molar-refractivity contribution in [3.8, 4) is 61.6 Å². The van der Waals surface area contributed by atoms with Crippen LogP contribution in [0.4, 0.5) is 0 Å². The Balaban J connectivity index is 0.000000709. The van der Waals surface area contributed by atoms with Crippen LogP contribution in [0, 0.1) is 5.41 Å². The molecule has 0 amide bonds. The number of fused-ring (bicyclic) bond motifs is 6. The lowest BCUT2D eigenvalue weighted by Gasteiger charge is -2.12. The van der Waals surface area contributed by atoms with Gasteiger partial charge < -0.3 is 9.98 Å². The van der Waals surface area contributed by atoms with Crippen molar-refractivity contribution < 1.29 is 0 Å². The van der Waals surface area contributed by atoms with E-state index in [0.29, 0.717) is 5.71 Å². The molecule has 4 aromatic heterocycles. The van der Waals surface area contributed by atoms with E-state index in [-0.39, 0.29) is 0 Å². The monoisotopic (exact) mass is 922 g/mol. The molecule has 0 aliphatic carbocycles. The summed E-state index contributed by atoms with van der Waals surface area (Å²) in [5.74, 6) is 0. The third-order valence-corrected chi connectivity index (χ3v) is 13.4. The summed E-state index contributed by atoms with van der Waals surface area (Å²) in [4.78, 5) is 9.47. The third-order valence-electron chi connectivity index (χ3n) is 12.2. The van der Waals surface area contributed by atoms with Crippen LogP contribution in [0.5, 0.6) is 0 Å². The van der Waals surface area contributed by atoms with Crippen LogP contribution in [0.2, 0.25) is 0 Å². The molecule has 5 heteroatoms. The van der Waals surface area contributed by atoms with Crippen molar-refractivity contribution in [2.45, 2.75) is 27.7 Å². The van der Waals surface area contributed by atoms with Crippen LogP contribution in [-0.2, 0) is 0 Å². The maximum absolute atomic E-state index is 8.81. The van der Waals surface area contributed by atoms with Crippen molar-refractivity contribution in [1.82, 2.24) is 14.5 Å². The van der Waals surface area contributed by atoms with Gasteiger partial charge in [0.2, 0.25) is 0 Å². The molecular formula is C65H54N4S. The average Bonchev–Trinajstić information content (AvgIpc) is 3.95. The molecular weight excluding hydrogens is 869 g/mol. The van der Waals surface area contributed by atoms with Crippen LogP contribution in [-0.4, -0.2) is 20.2 Å². The van der Waals surface area contributed by atoms with Crippen molar-refractivity contribution >= 4 is 59.0 Å². The van der Waals surface area contributed by atoms with Crippen LogP contribution in [0.3, 0.4) is 0 Å². The fraction of sp³-hybridized carbons (Fsp3) is 0.0615. The molecule has 0 radical (unpaired) electrons. The number of aromatic nitrogens is 3. The highest BCUT2D eigenvalue weighted by molar-refractivity contribution is 7.25. The fourth-order valence-electron chi connectivity index (χ4n) is 9.18. The van der Waals surface area contributed by atoms with E-state index in [2.05, 4.69) is 157 Å². The highest BCUT2D eigenvalue weighted by Gasteiger charge is 2.19. The Kier molecular flexibility index (Phi) is 14.1. The predicted molar refractivity (Wildman–Crippen MR) is 304 cm³/mol. The summed E-state index contributed by atoms with van der Waals surface area (Å²) >= 11 is 1.81. The van der Waals surface area contributed by atoms with Gasteiger partial charge in [0.05, 0.1) is 28.1 Å². The summed E-state index contributed by atoms with van der Waals surface area (Å²) in [7, 11) is 0. The molecule has 1 N–H and O–H groups in total. The van der Waals surface area contributed by atoms with Crippen LogP contribution in [0.25, 0.3) is 104 Å². The molecule has 11 aromatic rings. The molecule has 0 aliphatic heterocycles. The van der Waals surface area contributed by atoms with Crippen molar-refractivity contribution in [3.63, 3.8) is 0 Å². The van der Waals surface area contributed by atoms with Gasteiger partial charge in [-0.2, -0.15) is 0 Å². The van der Waals surface area contributed by atoms with Crippen molar-refractivity contribution in [2.24, 2.45) is 0 Å². The van der Waals surface area contributed by atoms with E-state index in [4.69, 9.17) is 15.4 Å². The molecule has 0 atom stereocenters. The SMILES string of the molecule is C=C(C)/C=C\C.C=C/C=C\C(=N)c1ccccc1-c1ccc2sc3ccc(-n4c5ccc(-c6ccccc6-c6ccccn6)cc5c5cc(-c6ccccc6-c6ccccn6)ccc54)cc3c2c1.CC. The zero-order valence-electron chi connectivity index (χ0n) is 40.0. The number of hydrogen-bond donors (Lipinski definition) is 1. The number of nitrogens with zero attached hydrogens (tertiary/aromatic N) is 3. The zero-order valence-corrected chi connectivity index (χ0v) is 40.8. The van der Waals surface area contributed by atoms with Crippen LogP contribution >= 0.6 is 11.3 Å². The molecule has 0 saturated carbocycles. The Bertz CT molecular complexity index is 3620. The van der Waals surface area contributed by atoms with E-state index in [1.54, 1.807) is 12.2 Å². The van der Waals surface area contributed by atoms with E-state index < -0.39 is 0 Å². The van der Waals surface area contributed by atoms with Crippen molar-refractivity contribution in [2.75, 3.05) is 0 Å². The molecule has 70 heavy (non-hydrogen) atoms. The molecule has 7 aromatic carbocycles. The van der Waals surface area contributed by atoms with Crippen molar-refractivity contribution in [1.29, 1.82) is 5.41 Å². The van der Waals surface area contributed by atoms with E-state index in [1.807, 2.05) is 112 Å². The molecule has 0 unspecified atom stereocenters. The normalized spacial score (nSPS) is 11.2. The first-order valence-corrected chi connectivity index (χ1v) is 24.5. The Labute approximate surface area is 415 Å². The standard InChI is InChI=1S/C57H38N4S.C6H10.C2H6/c1-2-3-20-51(58)44-17-7-4-14-41(44)39-25-29-56-49(35-39)50-36-40(26-30-57(50)62-56)61-54-27-23-37(42-15-5-8-18-45(42)52-21-10-12-31-59-52)33-47(54)48-34-38(24-28-55(48)61)43-16-6-9-19-46(43)53-22-11-13-32-60-53;1-4-5-6(2)3;1-2/h2-36,58H,1H2;4-5H,2H2,1,3H3;1-2H3/b20-3-,58-51?;5-4-;. The van der Waals surface area contributed by atoms with Crippen molar-refractivity contribution in [3.05, 3.63) is 249 Å². The number of thiophene rings is 1. The lowest BCUT2D eigenvalue weighted by molar-refractivity contribution is 1.19. The first-order chi connectivity index (χ1) is 34.4. The van der Waals surface area contributed by atoms with Crippen LogP contribution < -0.4 is 0 Å². The Hall–Kier alpha value is -8.51. The van der Waals surface area contributed by atoms with Gasteiger partial charge in [0.25, 0.3) is 0 Å². The number of allylic oxidation sites excluding steroid dienone is 6. The summed E-state index contributed by atoms with van der Waals surface area (Å²) in [5, 5.41) is 13.6. The number of benzene rings is 7. The summed E-state index contributed by atoms with van der Waals surface area (Å²) in [6.07, 6.45) is 13.0. The molecule has 0 saturated heterocycles. The van der Waals surface area contributed by atoms with Gasteiger partial charge in [-0.15, -0.1) is 11.3 Å². The van der Waals surface area contributed by atoms with Gasteiger partial charge in [0.1, 0.15) is 0 Å². The summed E-state index contributed by atoms with van der Waals surface area (Å²) in [5.41, 5.74) is 16.6. The number of rotatable bonds is 10. The van der Waals surface area contributed by atoms with Crippen LogP contribution in [0.15, 0.2) is 243 Å². The first kappa shape index (κ1) is 46.6. The minimum absolute atomic E-state index is 0.455. The summed E-state index contributed by atoms with van der Waals surface area (Å²) in [6.45, 7) is 15.4. The average molecular weight is 923 g/mol. The number of hydrogen-bond acceptors (Lipinski definition) is 4. The Morgan fingerprint density at radius 2 is 1.00 bits per heavy atom. The lowest BCUT2D eigenvalue weighted by atomic mass is 9.94. The maximum atomic E-state index is 8.81. The quantitative estimate of drug-likeness (QED) is 0.110. The fourth-order valence-corrected chi connectivity index (χ4v) is 10.2. The first-order valence-electron chi connectivity index (χ1n) is 23.7. The van der Waals surface area contributed by atoms with Gasteiger partial charge in [-0.25, -0.2) is 0 Å². The topological polar surface area (TPSA) is 54.6 Å². The highest BCUT2D eigenvalue weighted by Crippen LogP contribution is 2.43. The molecule has 4 nitrogen and oxygen atoms in total. The summed E-state index contributed by atoms with van der Waals surface area (Å²) < 4.78 is 4.89. The lowest BCUT2D eigenvalue weighted by Crippen LogP contribution is -1.97. The molecule has 11 rings (SSSR count). The molecule has 340 valence electrons. The number of pyridine rings is 2. The van der Waals surface area contributed by atoms with E-state index in [0.717, 1.165) is 83.8 Å². The van der Waals surface area contributed by atoms with E-state index in [1.165, 1.54) is 30.9 Å². The van der Waals surface area contributed by atoms with Gasteiger partial charge >= 0.3 is 0 Å². The molecule has 0 bridgehead atoms. The van der Waals surface area contributed by atoms with Crippen LogP contribution in [0.1, 0.15) is 33.3 Å². The molecule has 0 aliphatic rings. The third kappa shape index (κ3) is 9.36. The molecule has 4 heterocycles. The predicted octanol–water partition coefficient (Wildman–Crippen LogP) is 18.6.